The first kappa shape index (κ1) is 23.2. The highest BCUT2D eigenvalue weighted by Crippen LogP contribution is 2.11. The minimum Gasteiger partial charge on any atom is -0.385 e. The standard InChI is InChI=1S/C23H35FN6O/c1-3-25-23(27-20-10-15-29(16-11-20)14-4-18-31-2)26-13-9-21-12-17-30(28-21)22-7-5-19(24)6-8-22/h5-8,12,17,20H,3-4,9-11,13-16,18H2,1-2H3,(H2,25,26,27). The van der Waals surface area contributed by atoms with Gasteiger partial charge in [0.25, 0.3) is 0 Å². The molecule has 31 heavy (non-hydrogen) atoms. The zero-order chi connectivity index (χ0) is 21.9. The molecule has 0 unspecified atom stereocenters. The van der Waals surface area contributed by atoms with Crippen molar-refractivity contribution in [1.82, 2.24) is 25.3 Å². The Balaban J connectivity index is 1.45. The lowest BCUT2D eigenvalue weighted by Gasteiger charge is -2.33. The summed E-state index contributed by atoms with van der Waals surface area (Å²) in [5.74, 6) is 0.629. The number of ether oxygens (including phenoxy) is 1. The number of methoxy groups -OCH3 is 1. The molecule has 8 heteroatoms. The number of benzene rings is 1. The Morgan fingerprint density at radius 1 is 1.23 bits per heavy atom. The Morgan fingerprint density at radius 2 is 2.00 bits per heavy atom. The van der Waals surface area contributed by atoms with Gasteiger partial charge < -0.3 is 20.3 Å². The van der Waals surface area contributed by atoms with E-state index < -0.39 is 0 Å². The minimum absolute atomic E-state index is 0.245. The predicted molar refractivity (Wildman–Crippen MR) is 122 cm³/mol. The number of aromatic nitrogens is 2. The maximum atomic E-state index is 13.1. The van der Waals surface area contributed by atoms with Gasteiger partial charge in [0, 0.05) is 65.1 Å². The van der Waals surface area contributed by atoms with Crippen molar-refractivity contribution in [3.05, 3.63) is 48.0 Å². The molecule has 1 saturated heterocycles. The van der Waals surface area contributed by atoms with Gasteiger partial charge in [-0.15, -0.1) is 0 Å². The lowest BCUT2D eigenvalue weighted by atomic mass is 10.1. The van der Waals surface area contributed by atoms with E-state index in [4.69, 9.17) is 9.73 Å². The molecular formula is C23H35FN6O. The van der Waals surface area contributed by atoms with E-state index in [1.165, 1.54) is 12.1 Å². The Morgan fingerprint density at radius 3 is 2.71 bits per heavy atom. The summed E-state index contributed by atoms with van der Waals surface area (Å²) in [5.41, 5.74) is 1.81. The van der Waals surface area contributed by atoms with Crippen LogP contribution in [-0.2, 0) is 11.2 Å². The van der Waals surface area contributed by atoms with E-state index in [1.807, 2.05) is 12.3 Å². The zero-order valence-corrected chi connectivity index (χ0v) is 18.7. The first-order valence-corrected chi connectivity index (χ1v) is 11.2. The molecule has 1 fully saturated rings. The summed E-state index contributed by atoms with van der Waals surface area (Å²) in [6.45, 7) is 7.74. The molecule has 2 aromatic rings. The average Bonchev–Trinajstić information content (AvgIpc) is 3.25. The summed E-state index contributed by atoms with van der Waals surface area (Å²) in [5, 5.41) is 11.5. The van der Waals surface area contributed by atoms with E-state index in [1.54, 1.807) is 23.9 Å². The molecule has 1 aromatic heterocycles. The molecule has 1 aliphatic rings. The molecule has 7 nitrogen and oxygen atoms in total. The smallest absolute Gasteiger partial charge is 0.191 e. The van der Waals surface area contributed by atoms with E-state index in [9.17, 15) is 4.39 Å². The largest absolute Gasteiger partial charge is 0.385 e. The van der Waals surface area contributed by atoms with Crippen LogP contribution in [-0.4, -0.2) is 73.1 Å². The lowest BCUT2D eigenvalue weighted by molar-refractivity contribution is 0.155. The number of guanidine groups is 1. The second kappa shape index (κ2) is 12.4. The third-order valence-corrected chi connectivity index (χ3v) is 5.47. The number of nitrogens with one attached hydrogen (secondary N) is 2. The van der Waals surface area contributed by atoms with Gasteiger partial charge in [-0.1, -0.05) is 0 Å². The van der Waals surface area contributed by atoms with Crippen molar-refractivity contribution in [1.29, 1.82) is 0 Å². The SMILES string of the molecule is CCNC(=NCCc1ccn(-c2ccc(F)cc2)n1)NC1CCN(CCCOC)CC1. The molecule has 1 aromatic carbocycles. The van der Waals surface area contributed by atoms with Gasteiger partial charge in [-0.05, 0) is 56.5 Å². The lowest BCUT2D eigenvalue weighted by Crippen LogP contribution is -2.49. The maximum Gasteiger partial charge on any atom is 0.191 e. The molecule has 2 N–H and O–H groups in total. The molecule has 0 bridgehead atoms. The van der Waals surface area contributed by atoms with Crippen molar-refractivity contribution in [2.75, 3.05) is 46.4 Å². The first-order chi connectivity index (χ1) is 15.2. The van der Waals surface area contributed by atoms with E-state index >= 15 is 0 Å². The number of likely N-dealkylation sites (tertiary alicyclic amines) is 1. The molecule has 0 amide bonds. The number of halogens is 1. The summed E-state index contributed by atoms with van der Waals surface area (Å²) in [7, 11) is 1.76. The van der Waals surface area contributed by atoms with Crippen LogP contribution < -0.4 is 10.6 Å². The van der Waals surface area contributed by atoms with Crippen molar-refractivity contribution >= 4 is 5.96 Å². The van der Waals surface area contributed by atoms with Crippen LogP contribution in [0.1, 0.15) is 31.9 Å². The number of hydrogen-bond acceptors (Lipinski definition) is 4. The van der Waals surface area contributed by atoms with E-state index in [2.05, 4.69) is 27.6 Å². The zero-order valence-electron chi connectivity index (χ0n) is 18.7. The van der Waals surface area contributed by atoms with Gasteiger partial charge in [0.1, 0.15) is 5.82 Å². The Bertz CT molecular complexity index is 799. The van der Waals surface area contributed by atoms with Gasteiger partial charge in [-0.2, -0.15) is 5.10 Å². The van der Waals surface area contributed by atoms with Crippen LogP contribution in [0.5, 0.6) is 0 Å². The fourth-order valence-corrected chi connectivity index (χ4v) is 3.76. The fraction of sp³-hybridized carbons (Fsp3) is 0.565. The third-order valence-electron chi connectivity index (χ3n) is 5.47. The average molecular weight is 431 g/mol. The van der Waals surface area contributed by atoms with Gasteiger partial charge in [0.05, 0.1) is 11.4 Å². The molecule has 0 radical (unpaired) electrons. The normalized spacial score (nSPS) is 15.9. The number of nitrogens with zero attached hydrogens (tertiary/aromatic N) is 4. The summed E-state index contributed by atoms with van der Waals surface area (Å²) < 4.78 is 20.0. The third kappa shape index (κ3) is 7.63. The fourth-order valence-electron chi connectivity index (χ4n) is 3.76. The molecule has 0 saturated carbocycles. The van der Waals surface area contributed by atoms with Crippen molar-refractivity contribution in [3.8, 4) is 5.69 Å². The van der Waals surface area contributed by atoms with E-state index in [0.717, 1.165) is 75.8 Å². The number of rotatable bonds is 10. The summed E-state index contributed by atoms with van der Waals surface area (Å²) >= 11 is 0. The molecule has 0 atom stereocenters. The van der Waals surface area contributed by atoms with Crippen LogP contribution in [0.3, 0.4) is 0 Å². The summed E-state index contributed by atoms with van der Waals surface area (Å²) in [6.07, 6.45) is 5.99. The Hall–Kier alpha value is -2.45. The molecule has 0 spiro atoms. The van der Waals surface area contributed by atoms with Gasteiger partial charge in [-0.3, -0.25) is 4.99 Å². The highest BCUT2D eigenvalue weighted by atomic mass is 19.1. The molecule has 1 aliphatic heterocycles. The van der Waals surface area contributed by atoms with Crippen LogP contribution in [0.15, 0.2) is 41.5 Å². The van der Waals surface area contributed by atoms with Gasteiger partial charge >= 0.3 is 0 Å². The number of aliphatic imine (C=N–C) groups is 1. The molecular weight excluding hydrogens is 395 g/mol. The van der Waals surface area contributed by atoms with Crippen LogP contribution in [0.25, 0.3) is 5.69 Å². The van der Waals surface area contributed by atoms with Crippen LogP contribution in [0.2, 0.25) is 0 Å². The van der Waals surface area contributed by atoms with Crippen LogP contribution in [0.4, 0.5) is 4.39 Å². The number of piperidine rings is 1. The topological polar surface area (TPSA) is 66.7 Å². The first-order valence-electron chi connectivity index (χ1n) is 11.2. The molecule has 0 aliphatic carbocycles. The second-order valence-corrected chi connectivity index (χ2v) is 7.85. The maximum absolute atomic E-state index is 13.1. The van der Waals surface area contributed by atoms with Crippen LogP contribution >= 0.6 is 0 Å². The molecule has 170 valence electrons. The Labute approximate surface area is 184 Å². The van der Waals surface area contributed by atoms with Crippen molar-refractivity contribution in [3.63, 3.8) is 0 Å². The molecule has 3 rings (SSSR count). The monoisotopic (exact) mass is 430 g/mol. The predicted octanol–water partition coefficient (Wildman–Crippen LogP) is 2.61. The summed E-state index contributed by atoms with van der Waals surface area (Å²) in [6, 6.07) is 8.77. The van der Waals surface area contributed by atoms with E-state index in [-0.39, 0.29) is 5.82 Å². The quantitative estimate of drug-likeness (QED) is 0.345. The van der Waals surface area contributed by atoms with Crippen LogP contribution in [0, 0.1) is 5.82 Å². The van der Waals surface area contributed by atoms with E-state index in [0.29, 0.717) is 12.6 Å². The highest BCUT2D eigenvalue weighted by Gasteiger charge is 2.19. The summed E-state index contributed by atoms with van der Waals surface area (Å²) in [4.78, 5) is 7.25. The molecule has 2 heterocycles. The highest BCUT2D eigenvalue weighted by molar-refractivity contribution is 5.80. The van der Waals surface area contributed by atoms with Gasteiger partial charge in [0.2, 0.25) is 0 Å². The van der Waals surface area contributed by atoms with Crippen molar-refractivity contribution < 1.29 is 9.13 Å². The number of hydrogen-bond donors (Lipinski definition) is 2. The van der Waals surface area contributed by atoms with Crippen molar-refractivity contribution in [2.45, 2.75) is 38.6 Å². The Kier molecular flexibility index (Phi) is 9.30. The van der Waals surface area contributed by atoms with Crippen molar-refractivity contribution in [2.24, 2.45) is 4.99 Å². The van der Waals surface area contributed by atoms with Gasteiger partial charge in [0.15, 0.2) is 5.96 Å². The van der Waals surface area contributed by atoms with Gasteiger partial charge in [-0.25, -0.2) is 9.07 Å². The second-order valence-electron chi connectivity index (χ2n) is 7.85. The minimum atomic E-state index is -0.245.